The molecule has 1 aliphatic rings. The van der Waals surface area contributed by atoms with Crippen LogP contribution in [-0.4, -0.2) is 66.0 Å². The maximum atomic E-state index is 13.2. The molecule has 1 aliphatic heterocycles. The first-order valence-electron chi connectivity index (χ1n) is 12.2. The molecule has 3 rings (SSSR count). The number of carbonyl (C=O) groups excluding carboxylic acids is 2. The van der Waals surface area contributed by atoms with Crippen LogP contribution in [0.5, 0.6) is 0 Å². The van der Waals surface area contributed by atoms with Gasteiger partial charge in [-0.2, -0.15) is 0 Å². The Kier molecular flexibility index (Phi) is 8.72. The van der Waals surface area contributed by atoms with Gasteiger partial charge in [-0.15, -0.1) is 0 Å². The van der Waals surface area contributed by atoms with Crippen molar-refractivity contribution < 1.29 is 14.3 Å². The number of carbonyl (C=O) groups is 2. The number of amides is 2. The van der Waals surface area contributed by atoms with Crippen molar-refractivity contribution in [3.63, 3.8) is 0 Å². The highest BCUT2D eigenvalue weighted by Gasteiger charge is 2.27. The highest BCUT2D eigenvalue weighted by atomic mass is 16.6. The van der Waals surface area contributed by atoms with Gasteiger partial charge in [-0.1, -0.05) is 48.5 Å². The molecule has 6 heteroatoms. The topological polar surface area (TPSA) is 53.1 Å². The Morgan fingerprint density at radius 3 is 2.41 bits per heavy atom. The minimum absolute atomic E-state index is 0.175. The second-order valence-corrected chi connectivity index (χ2v) is 10.3. The van der Waals surface area contributed by atoms with Crippen LogP contribution in [0.4, 0.5) is 4.79 Å². The smallest absolute Gasteiger partial charge is 0.410 e. The molecule has 2 aromatic carbocycles. The van der Waals surface area contributed by atoms with E-state index in [2.05, 4.69) is 29.2 Å². The van der Waals surface area contributed by atoms with Gasteiger partial charge >= 0.3 is 6.09 Å². The average molecular weight is 466 g/mol. The Balaban J connectivity index is 1.64. The van der Waals surface area contributed by atoms with Gasteiger partial charge in [0.15, 0.2) is 0 Å². The van der Waals surface area contributed by atoms with Crippen LogP contribution in [0.25, 0.3) is 0 Å². The summed E-state index contributed by atoms with van der Waals surface area (Å²) >= 11 is 0. The fraction of sp³-hybridized carbons (Fsp3) is 0.500. The summed E-state index contributed by atoms with van der Waals surface area (Å²) in [5.74, 6) is 0.175. The Hall–Kier alpha value is -2.86. The molecular weight excluding hydrogens is 426 g/mol. The molecule has 2 aromatic rings. The normalized spacial score (nSPS) is 13.5. The zero-order valence-electron chi connectivity index (χ0n) is 21.3. The number of hydrogen-bond donors (Lipinski definition) is 0. The number of fused-ring (bicyclic) bond motifs is 1. The SMILES string of the molecule is CN(C)CCN(Cc1ccccc1)C(=O)CCc1cccc2c1CCN(C(=O)OC(C)(C)C)C2. The quantitative estimate of drug-likeness (QED) is 0.576. The third-order valence-corrected chi connectivity index (χ3v) is 6.01. The van der Waals surface area contributed by atoms with Gasteiger partial charge in [0.1, 0.15) is 5.60 Å². The molecule has 0 saturated carbocycles. The van der Waals surface area contributed by atoms with E-state index in [0.29, 0.717) is 39.0 Å². The van der Waals surface area contributed by atoms with Crippen molar-refractivity contribution in [2.45, 2.75) is 58.7 Å². The van der Waals surface area contributed by atoms with Crippen molar-refractivity contribution in [3.8, 4) is 0 Å². The van der Waals surface area contributed by atoms with Crippen LogP contribution in [0.3, 0.4) is 0 Å². The first kappa shape index (κ1) is 25.8. The summed E-state index contributed by atoms with van der Waals surface area (Å²) in [4.78, 5) is 31.6. The molecule has 2 amide bonds. The fourth-order valence-corrected chi connectivity index (χ4v) is 4.22. The fourth-order valence-electron chi connectivity index (χ4n) is 4.22. The van der Waals surface area contributed by atoms with Gasteiger partial charge in [-0.25, -0.2) is 4.79 Å². The minimum atomic E-state index is -0.502. The van der Waals surface area contributed by atoms with Crippen LogP contribution in [0, 0.1) is 0 Å². The number of nitrogens with zero attached hydrogens (tertiary/aromatic N) is 3. The molecule has 0 unspecified atom stereocenters. The van der Waals surface area contributed by atoms with Gasteiger partial charge < -0.3 is 19.4 Å². The standard InChI is InChI=1S/C28H39N3O3/c1-28(2,3)34-27(33)31-17-16-25-23(12-9-13-24(25)21-31)14-15-26(32)30(19-18-29(4)5)20-22-10-7-6-8-11-22/h6-13H,14-21H2,1-5H3. The molecule has 0 fully saturated rings. The van der Waals surface area contributed by atoms with E-state index in [1.807, 2.05) is 64.0 Å². The van der Waals surface area contributed by atoms with E-state index in [0.717, 1.165) is 24.1 Å². The zero-order valence-corrected chi connectivity index (χ0v) is 21.3. The van der Waals surface area contributed by atoms with Crippen molar-refractivity contribution in [2.75, 3.05) is 33.7 Å². The molecule has 0 aliphatic carbocycles. The van der Waals surface area contributed by atoms with Gasteiger partial charge in [0.05, 0.1) is 0 Å². The summed E-state index contributed by atoms with van der Waals surface area (Å²) in [6.45, 7) is 9.01. The lowest BCUT2D eigenvalue weighted by molar-refractivity contribution is -0.132. The van der Waals surface area contributed by atoms with Crippen LogP contribution in [0.2, 0.25) is 0 Å². The number of hydrogen-bond acceptors (Lipinski definition) is 4. The van der Waals surface area contributed by atoms with Crippen molar-refractivity contribution in [3.05, 3.63) is 70.8 Å². The second kappa shape index (κ2) is 11.5. The predicted octanol–water partition coefficient (Wildman–Crippen LogP) is 4.50. The average Bonchev–Trinajstić information content (AvgIpc) is 2.79. The summed E-state index contributed by atoms with van der Waals surface area (Å²) in [7, 11) is 4.06. The third-order valence-electron chi connectivity index (χ3n) is 6.01. The molecule has 184 valence electrons. The molecule has 0 bridgehead atoms. The van der Waals surface area contributed by atoms with Gasteiger partial charge in [-0.05, 0) is 70.0 Å². The van der Waals surface area contributed by atoms with Crippen molar-refractivity contribution in [1.82, 2.24) is 14.7 Å². The van der Waals surface area contributed by atoms with E-state index < -0.39 is 5.60 Å². The van der Waals surface area contributed by atoms with Crippen LogP contribution in [0.1, 0.15) is 49.4 Å². The van der Waals surface area contributed by atoms with Gasteiger partial charge in [-0.3, -0.25) is 4.79 Å². The number of aryl methyl sites for hydroxylation is 1. The van der Waals surface area contributed by atoms with Gasteiger partial charge in [0.2, 0.25) is 5.91 Å². The van der Waals surface area contributed by atoms with Crippen molar-refractivity contribution >= 4 is 12.0 Å². The lowest BCUT2D eigenvalue weighted by Gasteiger charge is -2.32. The summed E-state index contributed by atoms with van der Waals surface area (Å²) in [5.41, 5.74) is 4.28. The Morgan fingerprint density at radius 2 is 1.74 bits per heavy atom. The molecule has 6 nitrogen and oxygen atoms in total. The van der Waals surface area contributed by atoms with E-state index in [1.54, 1.807) is 4.90 Å². The Bertz CT molecular complexity index is 967. The molecule has 0 saturated heterocycles. The summed E-state index contributed by atoms with van der Waals surface area (Å²) in [6.07, 6.45) is 1.71. The zero-order chi connectivity index (χ0) is 24.7. The molecule has 1 heterocycles. The van der Waals surface area contributed by atoms with Crippen molar-refractivity contribution in [2.24, 2.45) is 0 Å². The number of benzene rings is 2. The molecule has 0 atom stereocenters. The maximum Gasteiger partial charge on any atom is 0.410 e. The van der Waals surface area contributed by atoms with Crippen LogP contribution in [0.15, 0.2) is 48.5 Å². The lowest BCUT2D eigenvalue weighted by Crippen LogP contribution is -2.40. The summed E-state index contributed by atoms with van der Waals surface area (Å²) in [6, 6.07) is 16.4. The largest absolute Gasteiger partial charge is 0.444 e. The van der Waals surface area contributed by atoms with E-state index in [1.165, 1.54) is 11.1 Å². The third kappa shape index (κ3) is 7.59. The Morgan fingerprint density at radius 1 is 1.00 bits per heavy atom. The summed E-state index contributed by atoms with van der Waals surface area (Å²) in [5, 5.41) is 0. The van der Waals surface area contributed by atoms with Crippen LogP contribution in [-0.2, 0) is 35.5 Å². The molecule has 0 aromatic heterocycles. The van der Waals surface area contributed by atoms with Crippen LogP contribution < -0.4 is 0 Å². The van der Waals surface area contributed by atoms with E-state index in [4.69, 9.17) is 4.74 Å². The highest BCUT2D eigenvalue weighted by molar-refractivity contribution is 5.76. The second-order valence-electron chi connectivity index (χ2n) is 10.3. The van der Waals surface area contributed by atoms with E-state index in [9.17, 15) is 9.59 Å². The number of likely N-dealkylation sites (N-methyl/N-ethyl adjacent to an activating group) is 1. The van der Waals surface area contributed by atoms with Crippen LogP contribution >= 0.6 is 0 Å². The number of rotatable bonds is 8. The lowest BCUT2D eigenvalue weighted by atomic mass is 9.92. The highest BCUT2D eigenvalue weighted by Crippen LogP contribution is 2.25. The Labute approximate surface area is 204 Å². The molecule has 0 radical (unpaired) electrons. The molecule has 0 spiro atoms. The summed E-state index contributed by atoms with van der Waals surface area (Å²) < 4.78 is 5.55. The molecule has 0 N–H and O–H groups in total. The minimum Gasteiger partial charge on any atom is -0.444 e. The number of ether oxygens (including phenoxy) is 1. The van der Waals surface area contributed by atoms with E-state index >= 15 is 0 Å². The molecular formula is C28H39N3O3. The van der Waals surface area contributed by atoms with Crippen molar-refractivity contribution in [1.29, 1.82) is 0 Å². The van der Waals surface area contributed by atoms with Gasteiger partial charge in [0, 0.05) is 39.1 Å². The monoisotopic (exact) mass is 465 g/mol. The predicted molar refractivity (Wildman–Crippen MR) is 136 cm³/mol. The molecule has 34 heavy (non-hydrogen) atoms. The van der Waals surface area contributed by atoms with Gasteiger partial charge in [0.25, 0.3) is 0 Å². The first-order chi connectivity index (χ1) is 16.1. The first-order valence-corrected chi connectivity index (χ1v) is 12.2. The maximum absolute atomic E-state index is 13.2. The van der Waals surface area contributed by atoms with E-state index in [-0.39, 0.29) is 12.0 Å².